The predicted octanol–water partition coefficient (Wildman–Crippen LogP) is 4.69. The van der Waals surface area contributed by atoms with Crippen LogP contribution < -0.4 is 4.74 Å². The third kappa shape index (κ3) is 2.72. The lowest BCUT2D eigenvalue weighted by molar-refractivity contribution is 0.174. The van der Waals surface area contributed by atoms with Gasteiger partial charge in [0.2, 0.25) is 0 Å². The molecule has 0 bridgehead atoms. The number of likely N-dealkylation sites (tertiary alicyclic amines) is 1. The SMILES string of the molecule is C[C@H]1CC[C@@H](Oc2ccc3nnc([C@]4(C)CCCN4C)n3c2)c2ccccc21. The summed E-state index contributed by atoms with van der Waals surface area (Å²) in [4.78, 5) is 2.38. The van der Waals surface area contributed by atoms with E-state index in [1.54, 1.807) is 0 Å². The van der Waals surface area contributed by atoms with Gasteiger partial charge in [-0.2, -0.15) is 0 Å². The molecule has 0 radical (unpaired) electrons. The zero-order valence-electron chi connectivity index (χ0n) is 16.9. The first-order chi connectivity index (χ1) is 13.6. The second-order valence-corrected chi connectivity index (χ2v) is 8.63. The monoisotopic (exact) mass is 376 g/mol. The van der Waals surface area contributed by atoms with Crippen molar-refractivity contribution in [1.82, 2.24) is 19.5 Å². The number of aromatic nitrogens is 3. The Morgan fingerprint density at radius 1 is 1.07 bits per heavy atom. The van der Waals surface area contributed by atoms with Crippen molar-refractivity contribution in [3.05, 3.63) is 59.5 Å². The number of nitrogens with zero attached hydrogens (tertiary/aromatic N) is 4. The van der Waals surface area contributed by atoms with E-state index in [0.717, 1.165) is 43.0 Å². The van der Waals surface area contributed by atoms with Gasteiger partial charge in [0.05, 0.1) is 11.7 Å². The van der Waals surface area contributed by atoms with Crippen LogP contribution in [0.1, 0.15) is 68.5 Å². The quantitative estimate of drug-likeness (QED) is 0.665. The van der Waals surface area contributed by atoms with Gasteiger partial charge in [-0.05, 0) is 75.4 Å². The summed E-state index contributed by atoms with van der Waals surface area (Å²) in [5.74, 6) is 2.48. The minimum Gasteiger partial charge on any atom is -0.484 e. The number of hydrogen-bond acceptors (Lipinski definition) is 4. The molecule has 5 heteroatoms. The number of fused-ring (bicyclic) bond motifs is 2. The minimum atomic E-state index is -0.0785. The van der Waals surface area contributed by atoms with Crippen molar-refractivity contribution >= 4 is 5.65 Å². The summed E-state index contributed by atoms with van der Waals surface area (Å²) in [5.41, 5.74) is 3.55. The van der Waals surface area contributed by atoms with Gasteiger partial charge in [0.25, 0.3) is 0 Å². The zero-order chi connectivity index (χ0) is 19.3. The zero-order valence-corrected chi connectivity index (χ0v) is 16.9. The molecule has 0 unspecified atom stereocenters. The fourth-order valence-electron chi connectivity index (χ4n) is 4.94. The van der Waals surface area contributed by atoms with Crippen LogP contribution in [0.3, 0.4) is 0 Å². The fraction of sp³-hybridized carbons (Fsp3) is 0.478. The van der Waals surface area contributed by atoms with Crippen molar-refractivity contribution in [3.63, 3.8) is 0 Å². The highest BCUT2D eigenvalue weighted by molar-refractivity contribution is 5.43. The highest BCUT2D eigenvalue weighted by atomic mass is 16.5. The summed E-state index contributed by atoms with van der Waals surface area (Å²) >= 11 is 0. The van der Waals surface area contributed by atoms with Crippen LogP contribution in [-0.4, -0.2) is 33.1 Å². The van der Waals surface area contributed by atoms with Gasteiger partial charge in [0.1, 0.15) is 11.9 Å². The molecule has 146 valence electrons. The largest absolute Gasteiger partial charge is 0.484 e. The van der Waals surface area contributed by atoms with Crippen molar-refractivity contribution in [2.75, 3.05) is 13.6 Å². The highest BCUT2D eigenvalue weighted by Crippen LogP contribution is 2.40. The van der Waals surface area contributed by atoms with E-state index in [2.05, 4.69) is 70.9 Å². The van der Waals surface area contributed by atoms with E-state index in [9.17, 15) is 0 Å². The maximum absolute atomic E-state index is 6.50. The lowest BCUT2D eigenvalue weighted by atomic mass is 9.82. The average Bonchev–Trinajstić information content (AvgIpc) is 3.28. The van der Waals surface area contributed by atoms with Gasteiger partial charge >= 0.3 is 0 Å². The molecule has 3 aromatic rings. The summed E-state index contributed by atoms with van der Waals surface area (Å²) in [6, 6.07) is 12.7. The van der Waals surface area contributed by atoms with Crippen molar-refractivity contribution < 1.29 is 4.74 Å². The van der Waals surface area contributed by atoms with Crippen molar-refractivity contribution in [3.8, 4) is 5.75 Å². The Bertz CT molecular complexity index is 1010. The molecule has 0 amide bonds. The Hall–Kier alpha value is -2.40. The Labute approximate surface area is 166 Å². The van der Waals surface area contributed by atoms with Crippen molar-refractivity contribution in [1.29, 1.82) is 0 Å². The van der Waals surface area contributed by atoms with E-state index in [-0.39, 0.29) is 11.6 Å². The van der Waals surface area contributed by atoms with E-state index < -0.39 is 0 Å². The van der Waals surface area contributed by atoms with Crippen LogP contribution in [0.4, 0.5) is 0 Å². The van der Waals surface area contributed by atoms with Gasteiger partial charge in [-0.1, -0.05) is 31.2 Å². The van der Waals surface area contributed by atoms with Crippen LogP contribution in [0.15, 0.2) is 42.6 Å². The van der Waals surface area contributed by atoms with Crippen LogP contribution in [0.5, 0.6) is 5.75 Å². The Balaban J connectivity index is 1.50. The molecule has 0 saturated carbocycles. The summed E-state index contributed by atoms with van der Waals surface area (Å²) in [6.07, 6.45) is 6.67. The molecule has 3 atom stereocenters. The molecule has 2 aromatic heterocycles. The molecule has 3 heterocycles. The molecule has 5 rings (SSSR count). The van der Waals surface area contributed by atoms with Crippen LogP contribution in [0.2, 0.25) is 0 Å². The molecule has 28 heavy (non-hydrogen) atoms. The van der Waals surface area contributed by atoms with Crippen LogP contribution in [0.25, 0.3) is 5.65 Å². The van der Waals surface area contributed by atoms with E-state index in [1.165, 1.54) is 17.5 Å². The van der Waals surface area contributed by atoms with Gasteiger partial charge in [0, 0.05) is 0 Å². The van der Waals surface area contributed by atoms with Gasteiger partial charge in [-0.15, -0.1) is 10.2 Å². The highest BCUT2D eigenvalue weighted by Gasteiger charge is 2.39. The second-order valence-electron chi connectivity index (χ2n) is 8.63. The molecule has 5 nitrogen and oxygen atoms in total. The summed E-state index contributed by atoms with van der Waals surface area (Å²) in [5, 5.41) is 8.96. The summed E-state index contributed by atoms with van der Waals surface area (Å²) in [6.45, 7) is 5.67. The minimum absolute atomic E-state index is 0.0785. The Kier molecular flexibility index (Phi) is 4.16. The molecule has 0 N–H and O–H groups in total. The van der Waals surface area contributed by atoms with Gasteiger partial charge in [-0.25, -0.2) is 0 Å². The molecule has 1 aliphatic carbocycles. The molecule has 1 aromatic carbocycles. The maximum Gasteiger partial charge on any atom is 0.161 e. The van der Waals surface area contributed by atoms with Crippen molar-refractivity contribution in [2.45, 2.75) is 57.1 Å². The van der Waals surface area contributed by atoms with E-state index in [0.29, 0.717) is 5.92 Å². The van der Waals surface area contributed by atoms with Crippen LogP contribution >= 0.6 is 0 Å². The lowest BCUT2D eigenvalue weighted by Crippen LogP contribution is -2.37. The first kappa shape index (κ1) is 17.7. The molecule has 1 aliphatic heterocycles. The third-order valence-corrected chi connectivity index (χ3v) is 6.87. The maximum atomic E-state index is 6.50. The Morgan fingerprint density at radius 2 is 1.89 bits per heavy atom. The average molecular weight is 377 g/mol. The van der Waals surface area contributed by atoms with E-state index in [4.69, 9.17) is 4.74 Å². The Morgan fingerprint density at radius 3 is 2.68 bits per heavy atom. The normalized spacial score (nSPS) is 27.8. The first-order valence-electron chi connectivity index (χ1n) is 10.4. The molecule has 0 spiro atoms. The molecule has 2 aliphatic rings. The number of ether oxygens (including phenoxy) is 1. The summed E-state index contributed by atoms with van der Waals surface area (Å²) < 4.78 is 8.61. The van der Waals surface area contributed by atoms with Crippen molar-refractivity contribution in [2.24, 2.45) is 0 Å². The first-order valence-corrected chi connectivity index (χ1v) is 10.4. The molecule has 1 fully saturated rings. The number of pyridine rings is 1. The third-order valence-electron chi connectivity index (χ3n) is 6.87. The smallest absolute Gasteiger partial charge is 0.161 e. The topological polar surface area (TPSA) is 42.7 Å². The van der Waals surface area contributed by atoms with Crippen LogP contribution in [0, 0.1) is 0 Å². The predicted molar refractivity (Wildman–Crippen MR) is 110 cm³/mol. The van der Waals surface area contributed by atoms with Gasteiger partial charge < -0.3 is 4.74 Å². The molecule has 1 saturated heterocycles. The van der Waals surface area contributed by atoms with Gasteiger partial charge in [0.15, 0.2) is 11.5 Å². The fourth-order valence-corrected chi connectivity index (χ4v) is 4.94. The van der Waals surface area contributed by atoms with Gasteiger partial charge in [-0.3, -0.25) is 9.30 Å². The summed E-state index contributed by atoms with van der Waals surface area (Å²) in [7, 11) is 2.18. The number of hydrogen-bond donors (Lipinski definition) is 0. The van der Waals surface area contributed by atoms with E-state index in [1.807, 2.05) is 12.1 Å². The number of rotatable bonds is 3. The standard InChI is InChI=1S/C23H28N4O/c1-16-9-11-20(19-8-5-4-7-18(16)19)28-17-10-12-21-24-25-22(27(21)15-17)23(2)13-6-14-26(23)3/h4-5,7-8,10,12,15-16,20H,6,9,11,13-14H2,1-3H3/t16-,20+,23-/m0/s1. The van der Waals surface area contributed by atoms with E-state index >= 15 is 0 Å². The molecular formula is C23H28N4O. The lowest BCUT2D eigenvalue weighted by Gasteiger charge is -2.31. The number of benzene rings is 1. The second kappa shape index (κ2) is 6.59. The molecular weight excluding hydrogens is 348 g/mol. The van der Waals surface area contributed by atoms with Crippen LogP contribution in [-0.2, 0) is 5.54 Å².